The standard InChI is InChI=1S/C8H12O2/c1-3-8(10)6-4-5-7(2)9/h3-5,8,10H,1,6H2,2H3/b5-4+/t8-/m1/s1. The summed E-state index contributed by atoms with van der Waals surface area (Å²) in [7, 11) is 0. The molecule has 0 heterocycles. The quantitative estimate of drug-likeness (QED) is 0.468. The van der Waals surface area contributed by atoms with Crippen LogP contribution in [-0.4, -0.2) is 17.0 Å². The van der Waals surface area contributed by atoms with Crippen LogP contribution < -0.4 is 0 Å². The lowest BCUT2D eigenvalue weighted by molar-refractivity contribution is -0.112. The number of aliphatic hydroxyl groups excluding tert-OH is 1. The lowest BCUT2D eigenvalue weighted by Gasteiger charge is -1.96. The zero-order chi connectivity index (χ0) is 7.98. The number of rotatable bonds is 4. The zero-order valence-electron chi connectivity index (χ0n) is 6.08. The third-order valence-electron chi connectivity index (χ3n) is 1.00. The van der Waals surface area contributed by atoms with E-state index in [-0.39, 0.29) is 5.78 Å². The van der Waals surface area contributed by atoms with Gasteiger partial charge >= 0.3 is 0 Å². The Kier molecular flexibility index (Phi) is 4.50. The van der Waals surface area contributed by atoms with Crippen molar-refractivity contribution in [1.29, 1.82) is 0 Å². The van der Waals surface area contributed by atoms with E-state index in [9.17, 15) is 4.79 Å². The third-order valence-corrected chi connectivity index (χ3v) is 1.00. The van der Waals surface area contributed by atoms with Crippen LogP contribution in [0, 0.1) is 0 Å². The van der Waals surface area contributed by atoms with Gasteiger partial charge < -0.3 is 5.11 Å². The minimum Gasteiger partial charge on any atom is -0.389 e. The minimum absolute atomic E-state index is 0.00346. The second-order valence-electron chi connectivity index (χ2n) is 2.05. The Labute approximate surface area is 60.9 Å². The van der Waals surface area contributed by atoms with Gasteiger partial charge in [0.25, 0.3) is 0 Å². The maximum Gasteiger partial charge on any atom is 0.152 e. The maximum absolute atomic E-state index is 10.3. The number of allylic oxidation sites excluding steroid dienone is 1. The molecule has 2 nitrogen and oxygen atoms in total. The highest BCUT2D eigenvalue weighted by Gasteiger charge is 1.91. The molecule has 0 aliphatic heterocycles. The molecule has 56 valence electrons. The molecule has 0 radical (unpaired) electrons. The maximum atomic E-state index is 10.3. The Balaban J connectivity index is 3.52. The number of carbonyl (C=O) groups excluding carboxylic acids is 1. The first-order valence-corrected chi connectivity index (χ1v) is 3.14. The lowest BCUT2D eigenvalue weighted by Crippen LogP contribution is -1.98. The van der Waals surface area contributed by atoms with Gasteiger partial charge in [-0.15, -0.1) is 6.58 Å². The van der Waals surface area contributed by atoms with Crippen molar-refractivity contribution in [2.75, 3.05) is 0 Å². The SMILES string of the molecule is C=C[C@@H](O)C/C=C/C(C)=O. The first kappa shape index (κ1) is 9.11. The Morgan fingerprint density at radius 3 is 2.80 bits per heavy atom. The first-order valence-electron chi connectivity index (χ1n) is 3.14. The molecule has 0 rings (SSSR count). The van der Waals surface area contributed by atoms with Crippen LogP contribution in [0.4, 0.5) is 0 Å². The predicted molar refractivity (Wildman–Crippen MR) is 40.6 cm³/mol. The molecule has 1 N–H and O–H groups in total. The van der Waals surface area contributed by atoms with E-state index < -0.39 is 6.10 Å². The van der Waals surface area contributed by atoms with E-state index in [0.29, 0.717) is 6.42 Å². The summed E-state index contributed by atoms with van der Waals surface area (Å²) in [6, 6.07) is 0. The van der Waals surface area contributed by atoms with Crippen LogP contribution in [0.2, 0.25) is 0 Å². The van der Waals surface area contributed by atoms with Crippen molar-refractivity contribution in [1.82, 2.24) is 0 Å². The van der Waals surface area contributed by atoms with E-state index in [4.69, 9.17) is 5.11 Å². The van der Waals surface area contributed by atoms with Crippen LogP contribution in [0.5, 0.6) is 0 Å². The van der Waals surface area contributed by atoms with Gasteiger partial charge in [-0.2, -0.15) is 0 Å². The van der Waals surface area contributed by atoms with Crippen molar-refractivity contribution in [2.24, 2.45) is 0 Å². The molecule has 10 heavy (non-hydrogen) atoms. The van der Waals surface area contributed by atoms with Gasteiger partial charge in [0.1, 0.15) is 0 Å². The van der Waals surface area contributed by atoms with Crippen molar-refractivity contribution in [3.05, 3.63) is 24.8 Å². The van der Waals surface area contributed by atoms with Crippen LogP contribution in [0.25, 0.3) is 0 Å². The molecule has 0 bridgehead atoms. The lowest BCUT2D eigenvalue weighted by atomic mass is 10.2. The molecule has 1 atom stereocenters. The molecule has 0 aromatic carbocycles. The van der Waals surface area contributed by atoms with Gasteiger partial charge in [-0.05, 0) is 19.4 Å². The molecule has 0 saturated carbocycles. The average Bonchev–Trinajstić information content (AvgIpc) is 1.87. The van der Waals surface area contributed by atoms with Crippen molar-refractivity contribution in [2.45, 2.75) is 19.4 Å². The molecule has 0 unspecified atom stereocenters. The Morgan fingerprint density at radius 2 is 2.40 bits per heavy atom. The molecular weight excluding hydrogens is 128 g/mol. The van der Waals surface area contributed by atoms with Crippen LogP contribution in [0.15, 0.2) is 24.8 Å². The zero-order valence-corrected chi connectivity index (χ0v) is 6.08. The van der Waals surface area contributed by atoms with E-state index >= 15 is 0 Å². The first-order chi connectivity index (χ1) is 4.66. The molecule has 0 amide bonds. The second-order valence-corrected chi connectivity index (χ2v) is 2.05. The molecule has 0 aromatic heterocycles. The fourth-order valence-corrected chi connectivity index (χ4v) is 0.470. The van der Waals surface area contributed by atoms with Gasteiger partial charge in [-0.25, -0.2) is 0 Å². The van der Waals surface area contributed by atoms with Crippen LogP contribution in [0.1, 0.15) is 13.3 Å². The van der Waals surface area contributed by atoms with Gasteiger partial charge in [0, 0.05) is 0 Å². The number of hydrogen-bond donors (Lipinski definition) is 1. The molecule has 2 heteroatoms. The molecule has 0 fully saturated rings. The smallest absolute Gasteiger partial charge is 0.152 e. The van der Waals surface area contributed by atoms with Crippen molar-refractivity contribution >= 4 is 5.78 Å². The molecule has 0 aliphatic rings. The summed E-state index contributed by atoms with van der Waals surface area (Å²) in [5, 5.41) is 8.89. The predicted octanol–water partition coefficient (Wildman–Crippen LogP) is 1.07. The van der Waals surface area contributed by atoms with Gasteiger partial charge in [0.15, 0.2) is 5.78 Å². The van der Waals surface area contributed by atoms with Gasteiger partial charge in [-0.1, -0.05) is 12.2 Å². The highest BCUT2D eigenvalue weighted by atomic mass is 16.3. The van der Waals surface area contributed by atoms with E-state index in [1.165, 1.54) is 19.1 Å². The Morgan fingerprint density at radius 1 is 1.80 bits per heavy atom. The summed E-state index contributed by atoms with van der Waals surface area (Å²) in [6.07, 6.45) is 4.44. The summed E-state index contributed by atoms with van der Waals surface area (Å²) in [6.45, 7) is 4.86. The van der Waals surface area contributed by atoms with Crippen LogP contribution >= 0.6 is 0 Å². The second kappa shape index (κ2) is 4.94. The van der Waals surface area contributed by atoms with Gasteiger partial charge in [0.05, 0.1) is 6.10 Å². The number of hydrogen-bond acceptors (Lipinski definition) is 2. The summed E-state index contributed by atoms with van der Waals surface area (Å²) in [4.78, 5) is 10.3. The van der Waals surface area contributed by atoms with Crippen molar-refractivity contribution in [3.63, 3.8) is 0 Å². The molecule has 0 aromatic rings. The highest BCUT2D eigenvalue weighted by Crippen LogP contribution is 1.93. The van der Waals surface area contributed by atoms with Crippen molar-refractivity contribution < 1.29 is 9.90 Å². The number of carbonyl (C=O) groups is 1. The topological polar surface area (TPSA) is 37.3 Å². The average molecular weight is 140 g/mol. The summed E-state index contributed by atoms with van der Waals surface area (Å²) in [5.74, 6) is -0.00346. The molecule has 0 spiro atoms. The van der Waals surface area contributed by atoms with Gasteiger partial charge in [-0.3, -0.25) is 4.79 Å². The van der Waals surface area contributed by atoms with Crippen molar-refractivity contribution in [3.8, 4) is 0 Å². The number of ketones is 1. The number of aliphatic hydroxyl groups is 1. The molecular formula is C8H12O2. The highest BCUT2D eigenvalue weighted by molar-refractivity contribution is 5.87. The Hall–Kier alpha value is -0.890. The summed E-state index contributed by atoms with van der Waals surface area (Å²) >= 11 is 0. The fourth-order valence-electron chi connectivity index (χ4n) is 0.470. The van der Waals surface area contributed by atoms with E-state index in [1.54, 1.807) is 6.08 Å². The third kappa shape index (κ3) is 5.25. The molecule has 0 saturated heterocycles. The van der Waals surface area contributed by atoms with E-state index in [1.807, 2.05) is 0 Å². The summed E-state index contributed by atoms with van der Waals surface area (Å²) in [5.41, 5.74) is 0. The van der Waals surface area contributed by atoms with E-state index in [2.05, 4.69) is 6.58 Å². The van der Waals surface area contributed by atoms with Crippen LogP contribution in [-0.2, 0) is 4.79 Å². The monoisotopic (exact) mass is 140 g/mol. The molecule has 0 aliphatic carbocycles. The summed E-state index contributed by atoms with van der Waals surface area (Å²) < 4.78 is 0. The van der Waals surface area contributed by atoms with Gasteiger partial charge in [0.2, 0.25) is 0 Å². The Bertz CT molecular complexity index is 147. The largest absolute Gasteiger partial charge is 0.389 e. The minimum atomic E-state index is -0.532. The normalized spacial score (nSPS) is 13.4. The van der Waals surface area contributed by atoms with E-state index in [0.717, 1.165) is 0 Å². The van der Waals surface area contributed by atoms with Crippen LogP contribution in [0.3, 0.4) is 0 Å². The fraction of sp³-hybridized carbons (Fsp3) is 0.375.